The number of hydrogen-bond donors (Lipinski definition) is 1. The summed E-state index contributed by atoms with van der Waals surface area (Å²) in [5.41, 5.74) is 8.61. The highest BCUT2D eigenvalue weighted by molar-refractivity contribution is 9.10. The number of benzene rings is 3. The molecule has 2 aromatic heterocycles. The van der Waals surface area contributed by atoms with Crippen molar-refractivity contribution in [2.24, 2.45) is 5.10 Å². The zero-order valence-corrected chi connectivity index (χ0v) is 21.8. The van der Waals surface area contributed by atoms with Crippen molar-refractivity contribution in [2.45, 2.75) is 27.0 Å². The smallest absolute Gasteiger partial charge is 0.265 e. The Labute approximate surface area is 217 Å². The van der Waals surface area contributed by atoms with Gasteiger partial charge in [0.05, 0.1) is 23.3 Å². The van der Waals surface area contributed by atoms with Gasteiger partial charge < -0.3 is 14.0 Å². The summed E-state index contributed by atoms with van der Waals surface area (Å²) in [4.78, 5) is 4.65. The van der Waals surface area contributed by atoms with Crippen molar-refractivity contribution in [2.75, 3.05) is 12.5 Å². The fourth-order valence-electron chi connectivity index (χ4n) is 4.15. The molecule has 0 saturated heterocycles. The van der Waals surface area contributed by atoms with Crippen LogP contribution in [0.15, 0.2) is 70.2 Å². The predicted molar refractivity (Wildman–Crippen MR) is 146 cm³/mol. The zero-order valence-electron chi connectivity index (χ0n) is 20.2. The van der Waals surface area contributed by atoms with E-state index in [9.17, 15) is 0 Å². The number of nitrogens with zero attached hydrogens (tertiary/aromatic N) is 5. The van der Waals surface area contributed by atoms with Crippen LogP contribution in [0.5, 0.6) is 11.5 Å². The highest BCUT2D eigenvalue weighted by Gasteiger charge is 2.14. The molecule has 0 bridgehead atoms. The maximum absolute atomic E-state index is 6.05. The number of rotatable bonds is 8. The van der Waals surface area contributed by atoms with Crippen molar-refractivity contribution < 1.29 is 9.47 Å². The number of ether oxygens (including phenoxy) is 2. The molecule has 3 aromatic carbocycles. The van der Waals surface area contributed by atoms with E-state index in [0.29, 0.717) is 24.1 Å². The summed E-state index contributed by atoms with van der Waals surface area (Å²) in [5, 5.41) is 13.9. The van der Waals surface area contributed by atoms with Crippen molar-refractivity contribution in [1.82, 2.24) is 19.7 Å². The molecule has 182 valence electrons. The first-order valence-electron chi connectivity index (χ1n) is 11.5. The van der Waals surface area contributed by atoms with Crippen LogP contribution in [0.1, 0.15) is 23.6 Å². The molecule has 2 heterocycles. The summed E-state index contributed by atoms with van der Waals surface area (Å²) in [7, 11) is 1.61. The lowest BCUT2D eigenvalue weighted by atomic mass is 10.1. The van der Waals surface area contributed by atoms with Gasteiger partial charge in [-0.3, -0.25) is 0 Å². The summed E-state index contributed by atoms with van der Waals surface area (Å²) in [6.45, 7) is 5.36. The van der Waals surface area contributed by atoms with Gasteiger partial charge in [0.15, 0.2) is 17.1 Å². The van der Waals surface area contributed by atoms with Crippen molar-refractivity contribution in [3.63, 3.8) is 0 Å². The van der Waals surface area contributed by atoms with Crippen LogP contribution in [0.25, 0.3) is 22.1 Å². The monoisotopic (exact) mass is 544 g/mol. The second-order valence-corrected chi connectivity index (χ2v) is 9.11. The summed E-state index contributed by atoms with van der Waals surface area (Å²) >= 11 is 3.60. The van der Waals surface area contributed by atoms with Crippen LogP contribution in [0.4, 0.5) is 5.95 Å². The van der Waals surface area contributed by atoms with Gasteiger partial charge in [0.1, 0.15) is 12.1 Å². The van der Waals surface area contributed by atoms with E-state index >= 15 is 0 Å². The maximum Gasteiger partial charge on any atom is 0.265 e. The molecule has 0 radical (unpaired) electrons. The normalized spacial score (nSPS) is 11.4. The number of anilines is 1. The standard InChI is InChI=1S/C27H25BrN6O2/c1-4-34-22-11-6-5-10-20(22)24-26(34)30-27(33-31-24)32-29-15-19-13-21(28)25(23(14-19)35-3)36-16-18-9-7-8-17(2)12-18/h5-15H,4,16H2,1-3H3,(H,30,32,33)/b29-15+. The molecule has 0 unspecified atom stereocenters. The lowest BCUT2D eigenvalue weighted by Gasteiger charge is -2.13. The van der Waals surface area contributed by atoms with Gasteiger partial charge in [-0.1, -0.05) is 48.0 Å². The Kier molecular flexibility index (Phi) is 6.81. The number of aryl methyl sites for hydroxylation is 2. The van der Waals surface area contributed by atoms with E-state index in [2.05, 4.69) is 78.3 Å². The Morgan fingerprint density at radius 1 is 1.08 bits per heavy atom. The third-order valence-electron chi connectivity index (χ3n) is 5.79. The number of halogens is 1. The molecule has 0 fully saturated rings. The predicted octanol–water partition coefficient (Wildman–Crippen LogP) is 6.10. The van der Waals surface area contributed by atoms with Crippen molar-refractivity contribution in [1.29, 1.82) is 0 Å². The minimum absolute atomic E-state index is 0.320. The summed E-state index contributed by atoms with van der Waals surface area (Å²) in [6.07, 6.45) is 1.67. The third kappa shape index (κ3) is 4.74. The average molecular weight is 545 g/mol. The molecule has 0 aliphatic heterocycles. The molecule has 0 atom stereocenters. The van der Waals surface area contributed by atoms with Crippen LogP contribution < -0.4 is 14.9 Å². The summed E-state index contributed by atoms with van der Waals surface area (Å²) in [6, 6.07) is 20.1. The zero-order chi connectivity index (χ0) is 25.1. The lowest BCUT2D eigenvalue weighted by molar-refractivity contribution is 0.282. The van der Waals surface area contributed by atoms with E-state index in [1.165, 1.54) is 5.56 Å². The van der Waals surface area contributed by atoms with Gasteiger partial charge in [0.25, 0.3) is 5.95 Å². The average Bonchev–Trinajstić information content (AvgIpc) is 3.20. The minimum Gasteiger partial charge on any atom is -0.493 e. The molecule has 0 aliphatic carbocycles. The molecule has 1 N–H and O–H groups in total. The van der Waals surface area contributed by atoms with E-state index < -0.39 is 0 Å². The van der Waals surface area contributed by atoms with Crippen molar-refractivity contribution in [3.05, 3.63) is 81.8 Å². The Morgan fingerprint density at radius 2 is 1.94 bits per heavy atom. The Bertz CT molecular complexity index is 1580. The third-order valence-corrected chi connectivity index (χ3v) is 6.37. The van der Waals surface area contributed by atoms with Crippen LogP contribution in [0.3, 0.4) is 0 Å². The number of fused-ring (bicyclic) bond motifs is 3. The molecule has 5 rings (SSSR count). The van der Waals surface area contributed by atoms with Gasteiger partial charge in [-0.15, -0.1) is 10.2 Å². The molecule has 0 amide bonds. The molecule has 0 aliphatic rings. The number of hydrogen-bond acceptors (Lipinski definition) is 7. The molecule has 0 saturated carbocycles. The number of nitrogens with one attached hydrogen (secondary N) is 1. The van der Waals surface area contributed by atoms with Crippen LogP contribution >= 0.6 is 15.9 Å². The highest BCUT2D eigenvalue weighted by atomic mass is 79.9. The molecule has 5 aromatic rings. The molecular weight excluding hydrogens is 520 g/mol. The highest BCUT2D eigenvalue weighted by Crippen LogP contribution is 2.37. The van der Waals surface area contributed by atoms with Crippen LogP contribution in [-0.4, -0.2) is 33.1 Å². The second kappa shape index (κ2) is 10.3. The van der Waals surface area contributed by atoms with E-state index in [0.717, 1.165) is 44.2 Å². The first kappa shape index (κ1) is 23.7. The first-order chi connectivity index (χ1) is 17.6. The van der Waals surface area contributed by atoms with E-state index in [-0.39, 0.29) is 0 Å². The topological polar surface area (TPSA) is 86.5 Å². The fourth-order valence-corrected chi connectivity index (χ4v) is 4.72. The SMILES string of the molecule is CCn1c2ccccc2c2nnc(N/N=C/c3cc(Br)c(OCc4cccc(C)c4)c(OC)c3)nc21. The van der Waals surface area contributed by atoms with Gasteiger partial charge in [0.2, 0.25) is 0 Å². The summed E-state index contributed by atoms with van der Waals surface area (Å²) < 4.78 is 14.5. The van der Waals surface area contributed by atoms with Gasteiger partial charge >= 0.3 is 0 Å². The van der Waals surface area contributed by atoms with Gasteiger partial charge in [0, 0.05) is 11.9 Å². The van der Waals surface area contributed by atoms with Crippen molar-refractivity contribution >= 4 is 50.2 Å². The van der Waals surface area contributed by atoms with Gasteiger partial charge in [-0.05, 0) is 59.1 Å². The quantitative estimate of drug-likeness (QED) is 0.187. The number of hydrazone groups is 1. The molecule has 36 heavy (non-hydrogen) atoms. The Morgan fingerprint density at radius 3 is 2.75 bits per heavy atom. The minimum atomic E-state index is 0.320. The number of para-hydroxylation sites is 1. The summed E-state index contributed by atoms with van der Waals surface area (Å²) in [5.74, 6) is 1.56. The van der Waals surface area contributed by atoms with E-state index in [4.69, 9.17) is 9.47 Å². The molecule has 8 nitrogen and oxygen atoms in total. The van der Waals surface area contributed by atoms with Crippen LogP contribution in [-0.2, 0) is 13.2 Å². The van der Waals surface area contributed by atoms with Gasteiger partial charge in [-0.25, -0.2) is 5.43 Å². The van der Waals surface area contributed by atoms with Gasteiger partial charge in [-0.2, -0.15) is 10.1 Å². The second-order valence-electron chi connectivity index (χ2n) is 8.25. The van der Waals surface area contributed by atoms with E-state index in [1.807, 2.05) is 42.5 Å². The number of aromatic nitrogens is 4. The van der Waals surface area contributed by atoms with E-state index in [1.54, 1.807) is 13.3 Å². The number of methoxy groups -OCH3 is 1. The molecular formula is C27H25BrN6O2. The Balaban J connectivity index is 1.34. The van der Waals surface area contributed by atoms with Crippen LogP contribution in [0, 0.1) is 6.92 Å². The molecule has 9 heteroatoms. The lowest BCUT2D eigenvalue weighted by Crippen LogP contribution is -2.02. The van der Waals surface area contributed by atoms with Crippen molar-refractivity contribution in [3.8, 4) is 11.5 Å². The van der Waals surface area contributed by atoms with Crippen LogP contribution in [0.2, 0.25) is 0 Å². The maximum atomic E-state index is 6.05. The Hall–Kier alpha value is -3.98. The molecule has 0 spiro atoms. The fraction of sp³-hybridized carbons (Fsp3) is 0.185. The first-order valence-corrected chi connectivity index (χ1v) is 12.3. The largest absolute Gasteiger partial charge is 0.493 e.